The van der Waals surface area contributed by atoms with Gasteiger partial charge in [-0.15, -0.1) is 0 Å². The molecule has 1 aromatic carbocycles. The van der Waals surface area contributed by atoms with Gasteiger partial charge in [0.05, 0.1) is 5.92 Å². The molecule has 0 spiro atoms. The Morgan fingerprint density at radius 3 is 2.76 bits per heavy atom. The zero-order valence-corrected chi connectivity index (χ0v) is 16.5. The van der Waals surface area contributed by atoms with Crippen LogP contribution in [0.3, 0.4) is 0 Å². The molecular weight excluding hydrogens is 371 g/mol. The molecule has 6 nitrogen and oxygen atoms in total. The molecule has 2 amide bonds. The molecule has 1 unspecified atom stereocenters. The molecule has 152 valence electrons. The third kappa shape index (κ3) is 4.15. The van der Waals surface area contributed by atoms with Crippen LogP contribution in [-0.4, -0.2) is 52.8 Å². The quantitative estimate of drug-likeness (QED) is 0.863. The fourth-order valence-electron chi connectivity index (χ4n) is 4.21. The molecule has 0 radical (unpaired) electrons. The molecule has 0 aliphatic carbocycles. The topological polar surface area (TPSA) is 65.5 Å². The summed E-state index contributed by atoms with van der Waals surface area (Å²) in [4.78, 5) is 34.1. The van der Waals surface area contributed by atoms with Gasteiger partial charge in [-0.3, -0.25) is 9.59 Å². The predicted molar refractivity (Wildman–Crippen MR) is 108 cm³/mol. The van der Waals surface area contributed by atoms with Crippen molar-refractivity contribution in [2.75, 3.05) is 25.5 Å². The van der Waals surface area contributed by atoms with Gasteiger partial charge < -0.3 is 15.1 Å². The number of pyridine rings is 1. The second kappa shape index (κ2) is 8.29. The number of rotatable bonds is 4. The highest BCUT2D eigenvalue weighted by Gasteiger charge is 2.37. The number of hydrogen-bond acceptors (Lipinski definition) is 4. The van der Waals surface area contributed by atoms with Crippen LogP contribution in [-0.2, 0) is 16.1 Å². The normalized spacial score (nSPS) is 20.1. The van der Waals surface area contributed by atoms with E-state index in [0.29, 0.717) is 11.4 Å². The Balaban J connectivity index is 1.66. The molecule has 4 rings (SSSR count). The van der Waals surface area contributed by atoms with Crippen molar-refractivity contribution in [2.24, 2.45) is 0 Å². The second-order valence-corrected chi connectivity index (χ2v) is 7.84. The smallest absolute Gasteiger partial charge is 0.231 e. The summed E-state index contributed by atoms with van der Waals surface area (Å²) in [6.45, 7) is 1.97. The van der Waals surface area contributed by atoms with E-state index in [-0.39, 0.29) is 36.6 Å². The summed E-state index contributed by atoms with van der Waals surface area (Å²) >= 11 is 0. The first-order chi connectivity index (χ1) is 14.0. The van der Waals surface area contributed by atoms with Crippen molar-refractivity contribution in [3.05, 3.63) is 59.5 Å². The third-order valence-corrected chi connectivity index (χ3v) is 5.87. The minimum Gasteiger partial charge on any atom is -0.335 e. The summed E-state index contributed by atoms with van der Waals surface area (Å²) < 4.78 is 14.4. The average Bonchev–Trinajstić information content (AvgIpc) is 2.73. The van der Waals surface area contributed by atoms with Gasteiger partial charge in [-0.2, -0.15) is 0 Å². The molecule has 1 aromatic heterocycles. The minimum atomic E-state index is -0.598. The number of amides is 2. The van der Waals surface area contributed by atoms with Crippen molar-refractivity contribution in [3.8, 4) is 0 Å². The Bertz CT molecular complexity index is 911. The number of likely N-dealkylation sites (tertiary alicyclic amines) is 1. The van der Waals surface area contributed by atoms with Crippen molar-refractivity contribution >= 4 is 17.6 Å². The third-order valence-electron chi connectivity index (χ3n) is 5.87. The van der Waals surface area contributed by atoms with Crippen molar-refractivity contribution in [1.29, 1.82) is 0 Å². The number of halogens is 1. The van der Waals surface area contributed by atoms with Crippen LogP contribution in [0.15, 0.2) is 42.6 Å². The fraction of sp³-hybridized carbons (Fsp3) is 0.409. The van der Waals surface area contributed by atoms with E-state index < -0.39 is 5.92 Å². The monoisotopic (exact) mass is 396 g/mol. The van der Waals surface area contributed by atoms with E-state index in [4.69, 9.17) is 0 Å². The molecule has 0 bridgehead atoms. The van der Waals surface area contributed by atoms with Crippen LogP contribution in [0.25, 0.3) is 0 Å². The van der Waals surface area contributed by atoms with Gasteiger partial charge in [-0.1, -0.05) is 24.3 Å². The number of fused-ring (bicyclic) bond motifs is 1. The predicted octanol–water partition coefficient (Wildman–Crippen LogP) is 2.77. The van der Waals surface area contributed by atoms with Crippen LogP contribution in [0.1, 0.15) is 36.3 Å². The molecule has 2 aliphatic heterocycles. The molecule has 29 heavy (non-hydrogen) atoms. The Morgan fingerprint density at radius 1 is 1.24 bits per heavy atom. The van der Waals surface area contributed by atoms with Gasteiger partial charge in [-0.25, -0.2) is 9.37 Å². The van der Waals surface area contributed by atoms with Gasteiger partial charge in [0.15, 0.2) is 0 Å². The first-order valence-electron chi connectivity index (χ1n) is 10.00. The molecule has 0 saturated carbocycles. The van der Waals surface area contributed by atoms with Gasteiger partial charge in [0.25, 0.3) is 0 Å². The molecule has 1 atom stereocenters. The Labute approximate surface area is 169 Å². The van der Waals surface area contributed by atoms with Crippen LogP contribution in [0.5, 0.6) is 0 Å². The number of nitrogens with one attached hydrogen (secondary N) is 1. The molecule has 7 heteroatoms. The second-order valence-electron chi connectivity index (χ2n) is 7.84. The first-order valence-corrected chi connectivity index (χ1v) is 10.00. The number of carbonyl (C=O) groups is 2. The lowest BCUT2D eigenvalue weighted by Crippen LogP contribution is -2.48. The fourth-order valence-corrected chi connectivity index (χ4v) is 4.21. The van der Waals surface area contributed by atoms with Crippen molar-refractivity contribution in [2.45, 2.75) is 37.8 Å². The van der Waals surface area contributed by atoms with Crippen molar-refractivity contribution < 1.29 is 14.0 Å². The number of aromatic nitrogens is 1. The number of piperidine rings is 1. The number of hydrogen-bond donors (Lipinski definition) is 1. The lowest BCUT2D eigenvalue weighted by atomic mass is 9.89. The van der Waals surface area contributed by atoms with E-state index in [0.717, 1.165) is 31.5 Å². The largest absolute Gasteiger partial charge is 0.335 e. The zero-order chi connectivity index (χ0) is 20.4. The van der Waals surface area contributed by atoms with Crippen molar-refractivity contribution in [1.82, 2.24) is 14.8 Å². The van der Waals surface area contributed by atoms with Crippen LogP contribution in [0.4, 0.5) is 10.2 Å². The zero-order valence-electron chi connectivity index (χ0n) is 16.5. The lowest BCUT2D eigenvalue weighted by molar-refractivity contribution is -0.138. The Kier molecular flexibility index (Phi) is 5.58. The van der Waals surface area contributed by atoms with Crippen LogP contribution >= 0.6 is 0 Å². The maximum absolute atomic E-state index is 14.4. The van der Waals surface area contributed by atoms with E-state index >= 15 is 0 Å². The summed E-state index contributed by atoms with van der Waals surface area (Å²) in [6, 6.07) is 10.2. The molecule has 1 N–H and O–H groups in total. The number of anilines is 1. The van der Waals surface area contributed by atoms with Gasteiger partial charge in [-0.05, 0) is 45.1 Å². The van der Waals surface area contributed by atoms with Gasteiger partial charge >= 0.3 is 0 Å². The number of benzene rings is 1. The van der Waals surface area contributed by atoms with E-state index in [1.54, 1.807) is 35.4 Å². The molecule has 1 fully saturated rings. The summed E-state index contributed by atoms with van der Waals surface area (Å²) in [6.07, 6.45) is 3.34. The van der Waals surface area contributed by atoms with Gasteiger partial charge in [0.1, 0.15) is 11.6 Å². The highest BCUT2D eigenvalue weighted by Crippen LogP contribution is 2.34. The van der Waals surface area contributed by atoms with Crippen LogP contribution in [0, 0.1) is 5.82 Å². The van der Waals surface area contributed by atoms with E-state index in [1.807, 2.05) is 6.07 Å². The maximum Gasteiger partial charge on any atom is 0.231 e. The van der Waals surface area contributed by atoms with E-state index in [1.165, 1.54) is 6.07 Å². The first kappa shape index (κ1) is 19.5. The Morgan fingerprint density at radius 2 is 2.00 bits per heavy atom. The van der Waals surface area contributed by atoms with Crippen LogP contribution in [0.2, 0.25) is 0 Å². The molecule has 1 saturated heterocycles. The Hall–Kier alpha value is -2.80. The van der Waals surface area contributed by atoms with Gasteiger partial charge in [0, 0.05) is 36.3 Å². The molecular formula is C22H25FN4O2. The lowest BCUT2D eigenvalue weighted by Gasteiger charge is -2.39. The maximum atomic E-state index is 14.4. The van der Waals surface area contributed by atoms with Crippen molar-refractivity contribution in [3.63, 3.8) is 0 Å². The van der Waals surface area contributed by atoms with E-state index in [9.17, 15) is 14.0 Å². The SMILES string of the molecule is CN1CCC(N(Cc2ccccc2F)C(=O)C2CC(=O)Nc3ncccc32)CC1. The van der Waals surface area contributed by atoms with Crippen LogP contribution < -0.4 is 5.32 Å². The standard InChI is InChI=1S/C22H25FN4O2/c1-26-11-8-16(9-12-26)27(14-15-5-2-3-7-19(15)23)22(29)18-13-20(28)25-21-17(18)6-4-10-24-21/h2-7,10,16,18H,8-9,11-14H2,1H3,(H,24,25,28). The minimum absolute atomic E-state index is 0.0171. The molecule has 2 aromatic rings. The highest BCUT2D eigenvalue weighted by atomic mass is 19.1. The molecule has 3 heterocycles. The summed E-state index contributed by atoms with van der Waals surface area (Å²) in [5.74, 6) is -0.826. The average molecular weight is 396 g/mol. The summed E-state index contributed by atoms with van der Waals surface area (Å²) in [5, 5.41) is 2.74. The summed E-state index contributed by atoms with van der Waals surface area (Å²) in [7, 11) is 2.06. The van der Waals surface area contributed by atoms with Gasteiger partial charge in [0.2, 0.25) is 11.8 Å². The summed E-state index contributed by atoms with van der Waals surface area (Å²) in [5.41, 5.74) is 1.22. The highest BCUT2D eigenvalue weighted by molar-refractivity contribution is 6.00. The molecule has 2 aliphatic rings. The van der Waals surface area contributed by atoms with E-state index in [2.05, 4.69) is 22.2 Å². The number of carbonyl (C=O) groups excluding carboxylic acids is 2. The number of nitrogens with zero attached hydrogens (tertiary/aromatic N) is 3.